The first-order chi connectivity index (χ1) is 46.4. The van der Waals surface area contributed by atoms with Crippen LogP contribution in [0.15, 0.2) is 24.3 Å². The van der Waals surface area contributed by atoms with Gasteiger partial charge in [-0.1, -0.05) is 323 Å². The fraction of sp³-hybridized carbons (Fsp3) is 0.896. The maximum Gasteiger partial charge on any atom is 0.472 e. The maximum absolute atomic E-state index is 13.1. The zero-order valence-corrected chi connectivity index (χ0v) is 63.9. The van der Waals surface area contributed by atoms with Gasteiger partial charge < -0.3 is 33.8 Å². The van der Waals surface area contributed by atoms with Gasteiger partial charge in [-0.05, 0) is 63.2 Å². The van der Waals surface area contributed by atoms with Crippen molar-refractivity contribution in [1.82, 2.24) is 0 Å². The van der Waals surface area contributed by atoms with E-state index in [9.17, 15) is 43.2 Å². The summed E-state index contributed by atoms with van der Waals surface area (Å²) in [5, 5.41) is 10.6. The van der Waals surface area contributed by atoms with Crippen LogP contribution in [-0.2, 0) is 65.4 Å². The van der Waals surface area contributed by atoms with E-state index in [2.05, 4.69) is 65.8 Å². The molecule has 17 nitrogen and oxygen atoms in total. The van der Waals surface area contributed by atoms with Gasteiger partial charge in [0.25, 0.3) is 0 Å². The molecule has 0 fully saturated rings. The summed E-state index contributed by atoms with van der Waals surface area (Å²) in [5.74, 6) is -0.618. The number of rotatable bonds is 74. The van der Waals surface area contributed by atoms with E-state index >= 15 is 0 Å². The number of allylic oxidation sites excluding steroid dienone is 4. The zero-order valence-electron chi connectivity index (χ0n) is 62.2. The predicted molar refractivity (Wildman–Crippen MR) is 391 cm³/mol. The molecule has 0 saturated heterocycles. The van der Waals surface area contributed by atoms with Crippen molar-refractivity contribution in [2.24, 2.45) is 11.8 Å². The van der Waals surface area contributed by atoms with Crippen LogP contribution in [0.1, 0.15) is 375 Å². The summed E-state index contributed by atoms with van der Waals surface area (Å²) < 4.78 is 68.5. The lowest BCUT2D eigenvalue weighted by Crippen LogP contribution is -2.30. The largest absolute Gasteiger partial charge is 0.472 e. The number of hydrogen-bond acceptors (Lipinski definition) is 15. The Labute approximate surface area is 586 Å². The third-order valence-electron chi connectivity index (χ3n) is 17.7. The minimum absolute atomic E-state index is 0.101. The molecule has 0 aliphatic carbocycles. The predicted octanol–water partition coefficient (Wildman–Crippen LogP) is 22.3. The average Bonchev–Trinajstić information content (AvgIpc) is 1.76. The topological polar surface area (TPSA) is 237 Å². The van der Waals surface area contributed by atoms with Gasteiger partial charge in [-0.25, -0.2) is 9.13 Å². The van der Waals surface area contributed by atoms with Gasteiger partial charge >= 0.3 is 39.5 Å². The Bertz CT molecular complexity index is 1950. The molecular weight excluding hydrogens is 1260 g/mol. The second kappa shape index (κ2) is 68.3. The fourth-order valence-corrected chi connectivity index (χ4v) is 12.8. The lowest BCUT2D eigenvalue weighted by Gasteiger charge is -2.21. The molecule has 0 spiro atoms. The molecule has 0 radical (unpaired) electrons. The fourth-order valence-electron chi connectivity index (χ4n) is 11.3. The lowest BCUT2D eigenvalue weighted by atomic mass is 9.99. The summed E-state index contributed by atoms with van der Waals surface area (Å²) >= 11 is 0. The van der Waals surface area contributed by atoms with Crippen LogP contribution in [0.5, 0.6) is 0 Å². The molecule has 6 atom stereocenters. The van der Waals surface area contributed by atoms with Gasteiger partial charge in [0.2, 0.25) is 0 Å². The summed E-state index contributed by atoms with van der Waals surface area (Å²) in [6.07, 6.45) is 58.9. The molecule has 0 bridgehead atoms. The van der Waals surface area contributed by atoms with Crippen molar-refractivity contribution in [1.29, 1.82) is 0 Å². The standard InChI is InChI=1S/C77H146O17P2/c1-7-10-12-14-16-18-20-22-24-26-28-30-35-43-49-55-61-76(81)93-72(65-87-74(79)59-53-47-41-34-29-27-25-23-21-19-17-15-13-11-8-2)67-91-95(83,84)89-63-71(78)64-90-96(85,86)92-68-73(66-88-75(80)60-54-48-42-38-37-39-45-51-57-69(4)5)94-77(82)62-56-50-44-36-32-31-33-40-46-52-58-70(6)9-3/h19,21,23,25,69-73,78H,7-18,20,22,24,26-68H2,1-6H3,(H,83,84)(H,85,86)/b21-19-,25-23-/t70?,71-,72-,73-/m1/s1. The van der Waals surface area contributed by atoms with Gasteiger partial charge in [-0.2, -0.15) is 0 Å². The lowest BCUT2D eigenvalue weighted by molar-refractivity contribution is -0.161. The van der Waals surface area contributed by atoms with Crippen LogP contribution in [-0.4, -0.2) is 96.7 Å². The van der Waals surface area contributed by atoms with Crippen LogP contribution in [0.4, 0.5) is 0 Å². The molecule has 19 heteroatoms. The molecule has 0 aromatic rings. The van der Waals surface area contributed by atoms with Crippen molar-refractivity contribution in [2.75, 3.05) is 39.6 Å². The molecule has 0 aromatic carbocycles. The number of aliphatic hydroxyl groups is 1. The van der Waals surface area contributed by atoms with Crippen molar-refractivity contribution in [2.45, 2.75) is 394 Å². The number of carbonyl (C=O) groups excluding carboxylic acids is 4. The van der Waals surface area contributed by atoms with Crippen molar-refractivity contribution < 1.29 is 80.2 Å². The molecule has 0 saturated carbocycles. The van der Waals surface area contributed by atoms with Crippen LogP contribution in [0.25, 0.3) is 0 Å². The Morgan fingerprint density at radius 3 is 0.938 bits per heavy atom. The summed E-state index contributed by atoms with van der Waals surface area (Å²) in [7, 11) is -9.93. The second-order valence-electron chi connectivity index (χ2n) is 27.8. The molecule has 0 rings (SSSR count). The van der Waals surface area contributed by atoms with Crippen LogP contribution >= 0.6 is 15.6 Å². The smallest absolute Gasteiger partial charge is 0.462 e. The molecule has 96 heavy (non-hydrogen) atoms. The molecular formula is C77H146O17P2. The highest BCUT2D eigenvalue weighted by atomic mass is 31.2. The van der Waals surface area contributed by atoms with E-state index in [0.717, 1.165) is 121 Å². The SMILES string of the molecule is CCCCCC/C=C\C=C/CCCCCCCC(=O)OC[C@H](COP(=O)(O)OC[C@@H](O)COP(=O)(O)OC[C@@H](COC(=O)CCCCCCCCCCC(C)C)OC(=O)CCCCCCCCCCCCC(C)CC)OC(=O)CCCCCCCCCCCCCCCCCC. The highest BCUT2D eigenvalue weighted by Crippen LogP contribution is 2.45. The first-order valence-corrected chi connectivity index (χ1v) is 42.3. The van der Waals surface area contributed by atoms with E-state index in [1.54, 1.807) is 0 Å². The van der Waals surface area contributed by atoms with Crippen molar-refractivity contribution in [3.63, 3.8) is 0 Å². The normalized spacial score (nSPS) is 14.4. The summed E-state index contributed by atoms with van der Waals surface area (Å²) in [5.41, 5.74) is 0. The third kappa shape index (κ3) is 68.7. The van der Waals surface area contributed by atoms with Gasteiger partial charge in [0.05, 0.1) is 26.4 Å². The summed E-state index contributed by atoms with van der Waals surface area (Å²) in [4.78, 5) is 72.9. The van der Waals surface area contributed by atoms with Gasteiger partial charge in [-0.15, -0.1) is 0 Å². The number of phosphoric ester groups is 2. The summed E-state index contributed by atoms with van der Waals surface area (Å²) in [6, 6.07) is 0. The maximum atomic E-state index is 13.1. The quantitative estimate of drug-likeness (QED) is 0.0169. The minimum Gasteiger partial charge on any atom is -0.462 e. The number of carbonyl (C=O) groups is 4. The van der Waals surface area contributed by atoms with Crippen molar-refractivity contribution in [3.05, 3.63) is 24.3 Å². The first kappa shape index (κ1) is 93.5. The van der Waals surface area contributed by atoms with Crippen LogP contribution in [0, 0.1) is 11.8 Å². The second-order valence-corrected chi connectivity index (χ2v) is 30.7. The van der Waals surface area contributed by atoms with Gasteiger partial charge in [0.15, 0.2) is 12.2 Å². The Kier molecular flexibility index (Phi) is 66.6. The van der Waals surface area contributed by atoms with Crippen LogP contribution in [0.3, 0.4) is 0 Å². The Morgan fingerprint density at radius 1 is 0.344 bits per heavy atom. The Hall–Kier alpha value is -2.46. The molecule has 0 heterocycles. The number of aliphatic hydroxyl groups excluding tert-OH is 1. The van der Waals surface area contributed by atoms with Crippen LogP contribution < -0.4 is 0 Å². The monoisotopic (exact) mass is 1410 g/mol. The Balaban J connectivity index is 5.30. The minimum atomic E-state index is -4.97. The van der Waals surface area contributed by atoms with E-state index in [0.29, 0.717) is 25.7 Å². The first-order valence-electron chi connectivity index (χ1n) is 39.3. The molecule has 566 valence electrons. The molecule has 0 aliphatic rings. The zero-order chi connectivity index (χ0) is 70.7. The van der Waals surface area contributed by atoms with Gasteiger partial charge in [0, 0.05) is 25.7 Å². The average molecular weight is 1410 g/mol. The van der Waals surface area contributed by atoms with E-state index < -0.39 is 97.5 Å². The third-order valence-corrected chi connectivity index (χ3v) is 19.6. The molecule has 3 N–H and O–H groups in total. The number of ether oxygens (including phenoxy) is 4. The Morgan fingerprint density at radius 2 is 0.615 bits per heavy atom. The van der Waals surface area contributed by atoms with Crippen molar-refractivity contribution >= 4 is 39.5 Å². The van der Waals surface area contributed by atoms with Crippen LogP contribution in [0.2, 0.25) is 0 Å². The van der Waals surface area contributed by atoms with E-state index in [-0.39, 0.29) is 25.7 Å². The molecule has 0 amide bonds. The molecule has 0 aliphatic heterocycles. The number of phosphoric acid groups is 2. The van der Waals surface area contributed by atoms with E-state index in [1.165, 1.54) is 173 Å². The number of hydrogen-bond donors (Lipinski definition) is 3. The number of unbranched alkanes of at least 4 members (excludes halogenated alkanes) is 40. The highest BCUT2D eigenvalue weighted by Gasteiger charge is 2.30. The van der Waals surface area contributed by atoms with Gasteiger partial charge in [0.1, 0.15) is 19.3 Å². The van der Waals surface area contributed by atoms with Crippen molar-refractivity contribution in [3.8, 4) is 0 Å². The van der Waals surface area contributed by atoms with E-state index in [4.69, 9.17) is 37.0 Å². The highest BCUT2D eigenvalue weighted by molar-refractivity contribution is 7.47. The van der Waals surface area contributed by atoms with E-state index in [1.807, 2.05) is 0 Å². The van der Waals surface area contributed by atoms with Gasteiger partial charge in [-0.3, -0.25) is 37.3 Å². The molecule has 3 unspecified atom stereocenters. The number of esters is 4. The summed E-state index contributed by atoms with van der Waals surface area (Å²) in [6.45, 7) is 9.53. The molecule has 0 aromatic heterocycles.